The highest BCUT2D eigenvalue weighted by Crippen LogP contribution is 2.55. The molecule has 0 spiro atoms. The van der Waals surface area contributed by atoms with Crippen molar-refractivity contribution in [3.05, 3.63) is 93.7 Å². The molecule has 4 amide bonds. The number of nitrogens with zero attached hydrogens (tertiary/aromatic N) is 6. The van der Waals surface area contributed by atoms with Crippen LogP contribution in [-0.2, 0) is 19.1 Å². The lowest BCUT2D eigenvalue weighted by atomic mass is 9.49. The van der Waals surface area contributed by atoms with E-state index in [0.717, 1.165) is 48.0 Å². The molecule has 2 aromatic heterocycles. The van der Waals surface area contributed by atoms with E-state index in [2.05, 4.69) is 69.5 Å². The molecule has 0 unspecified atom stereocenters. The lowest BCUT2D eigenvalue weighted by Crippen LogP contribution is -2.74. The maximum Gasteiger partial charge on any atom is 0.253 e. The van der Waals surface area contributed by atoms with Gasteiger partial charge in [-0.25, -0.2) is 9.97 Å². The van der Waals surface area contributed by atoms with Gasteiger partial charge in [0.05, 0.1) is 57.6 Å². The zero-order valence-corrected chi connectivity index (χ0v) is 44.0. The van der Waals surface area contributed by atoms with Crippen LogP contribution in [0.4, 0.5) is 5.82 Å². The van der Waals surface area contributed by atoms with Crippen LogP contribution in [0.5, 0.6) is 5.75 Å². The Morgan fingerprint density at radius 2 is 1.72 bits per heavy atom. The topological polar surface area (TPSA) is 223 Å². The van der Waals surface area contributed by atoms with Crippen molar-refractivity contribution >= 4 is 52.4 Å². The number of nitriles is 1. The standard InChI is InChI=1S/C53H68ClN9O8S/c1-32-44(72-31-57-32)34-12-10-33(11-13-34)40(29-64)58-47(68)41-24-37(65)28-63(41)48(69)45(51(2,3)4)59-43(66)30-70-23-22-61-18-9-19-62(21-20-61)42-17-15-36(27-56-42)46(67)60-49-52(5,6)50(53(49,7)8)71-38-16-14-35(26-55)39(54)25-38/h10-17,25,27,31,37,40-41,45,49-50,64-65H,9,18-24,28-30H2,1-8H3,(H,58,68)(H,59,66)(H,60,67)/t37-,40+,41+,45-,49-,50-/m1/s1. The number of ether oxygens (including phenoxy) is 2. The molecular weight excluding hydrogens is 958 g/mol. The molecule has 2 aliphatic heterocycles. The van der Waals surface area contributed by atoms with Crippen LogP contribution < -0.4 is 25.6 Å². The van der Waals surface area contributed by atoms with Gasteiger partial charge in [-0.1, -0.05) is 84.3 Å². The summed E-state index contributed by atoms with van der Waals surface area (Å²) in [5, 5.41) is 39.5. The first kappa shape index (κ1) is 54.1. The van der Waals surface area contributed by atoms with Gasteiger partial charge in [-0.3, -0.25) is 24.1 Å². The van der Waals surface area contributed by atoms with E-state index in [-0.39, 0.29) is 50.8 Å². The molecule has 72 heavy (non-hydrogen) atoms. The number of aromatic nitrogens is 2. The zero-order chi connectivity index (χ0) is 52.1. The minimum Gasteiger partial charge on any atom is -0.489 e. The monoisotopic (exact) mass is 1030 g/mol. The van der Waals surface area contributed by atoms with E-state index in [1.54, 1.807) is 36.0 Å². The van der Waals surface area contributed by atoms with Crippen molar-refractivity contribution in [3.63, 3.8) is 0 Å². The second-order valence-corrected chi connectivity index (χ2v) is 22.6. The zero-order valence-electron chi connectivity index (χ0n) is 42.4. The fourth-order valence-electron chi connectivity index (χ4n) is 10.6. The van der Waals surface area contributed by atoms with Gasteiger partial charge in [0.25, 0.3) is 5.91 Å². The third kappa shape index (κ3) is 12.2. The highest BCUT2D eigenvalue weighted by atomic mass is 35.5. The fraction of sp³-hybridized carbons (Fsp3) is 0.528. The summed E-state index contributed by atoms with van der Waals surface area (Å²) >= 11 is 7.79. The quantitative estimate of drug-likeness (QED) is 0.0824. The third-order valence-corrected chi connectivity index (χ3v) is 15.5. The molecular formula is C53H68ClN9O8S. The van der Waals surface area contributed by atoms with Crippen LogP contribution in [0.15, 0.2) is 66.3 Å². The highest BCUT2D eigenvalue weighted by Gasteiger charge is 2.64. The van der Waals surface area contributed by atoms with Crippen LogP contribution >= 0.6 is 22.9 Å². The molecule has 3 aliphatic rings. The molecule has 2 aromatic carbocycles. The van der Waals surface area contributed by atoms with Crippen LogP contribution in [-0.4, -0.2) is 143 Å². The molecule has 0 bridgehead atoms. The molecule has 4 aromatic rings. The number of rotatable bonds is 17. The summed E-state index contributed by atoms with van der Waals surface area (Å²) in [4.78, 5) is 70.6. The van der Waals surface area contributed by atoms with E-state index >= 15 is 0 Å². The van der Waals surface area contributed by atoms with Crippen LogP contribution in [0, 0.1) is 34.5 Å². The number of pyridine rings is 1. The summed E-state index contributed by atoms with van der Waals surface area (Å²) in [6, 6.07) is 15.3. The van der Waals surface area contributed by atoms with Crippen LogP contribution in [0.25, 0.3) is 10.4 Å². The number of aryl methyl sites for hydroxylation is 1. The molecule has 7 rings (SSSR count). The largest absolute Gasteiger partial charge is 0.489 e. The van der Waals surface area contributed by atoms with Crippen molar-refractivity contribution in [1.29, 1.82) is 5.26 Å². The van der Waals surface area contributed by atoms with Crippen molar-refractivity contribution in [1.82, 2.24) is 35.7 Å². The van der Waals surface area contributed by atoms with Gasteiger partial charge in [-0.2, -0.15) is 5.26 Å². The maximum atomic E-state index is 14.2. The molecule has 19 heteroatoms. The summed E-state index contributed by atoms with van der Waals surface area (Å²) < 4.78 is 12.2. The smallest absolute Gasteiger partial charge is 0.253 e. The Balaban J connectivity index is 0.850. The summed E-state index contributed by atoms with van der Waals surface area (Å²) in [7, 11) is 0. The van der Waals surface area contributed by atoms with E-state index in [1.807, 2.05) is 58.0 Å². The molecule has 386 valence electrons. The minimum atomic E-state index is -1.02. The van der Waals surface area contributed by atoms with Crippen LogP contribution in [0.1, 0.15) is 94.5 Å². The van der Waals surface area contributed by atoms with Gasteiger partial charge in [0.15, 0.2) is 0 Å². The van der Waals surface area contributed by atoms with Crippen LogP contribution in [0.3, 0.4) is 0 Å². The number of likely N-dealkylation sites (tertiary alicyclic amines) is 1. The summed E-state index contributed by atoms with van der Waals surface area (Å²) in [6.07, 6.45) is 1.32. The number of nitrogens with one attached hydrogen (secondary N) is 3. The molecule has 1 saturated carbocycles. The number of aliphatic hydroxyl groups excluding tert-OH is 2. The lowest BCUT2D eigenvalue weighted by molar-refractivity contribution is -0.164. The maximum absolute atomic E-state index is 14.2. The highest BCUT2D eigenvalue weighted by molar-refractivity contribution is 7.13. The van der Waals surface area contributed by atoms with E-state index in [4.69, 9.17) is 21.1 Å². The second kappa shape index (κ2) is 22.6. The van der Waals surface area contributed by atoms with Gasteiger partial charge in [-0.05, 0) is 60.7 Å². The second-order valence-electron chi connectivity index (χ2n) is 21.3. The molecule has 4 atom stereocenters. The molecule has 17 nitrogen and oxygen atoms in total. The molecule has 2 saturated heterocycles. The van der Waals surface area contributed by atoms with Crippen molar-refractivity contribution in [2.24, 2.45) is 16.2 Å². The Morgan fingerprint density at radius 3 is 2.35 bits per heavy atom. The normalized spacial score (nSPS) is 21.6. The predicted octanol–water partition coefficient (Wildman–Crippen LogP) is 5.52. The Bertz CT molecular complexity index is 2600. The van der Waals surface area contributed by atoms with E-state index in [9.17, 15) is 34.7 Å². The van der Waals surface area contributed by atoms with Crippen molar-refractivity contribution < 1.29 is 38.9 Å². The number of hydrogen-bond donors (Lipinski definition) is 5. The first-order valence-electron chi connectivity index (χ1n) is 24.5. The van der Waals surface area contributed by atoms with Gasteiger partial charge in [0, 0.05) is 68.3 Å². The number of thiazole rings is 1. The number of amides is 4. The Hall–Kier alpha value is -5.68. The molecule has 3 fully saturated rings. The number of β-amino-alcohol motifs (C(OH)–C–C–N with tert-alkyl or cyclic N) is 1. The van der Waals surface area contributed by atoms with Gasteiger partial charge >= 0.3 is 0 Å². The number of anilines is 1. The number of hydrogen-bond acceptors (Lipinski definition) is 14. The van der Waals surface area contributed by atoms with Gasteiger partial charge in [-0.15, -0.1) is 11.3 Å². The lowest BCUT2D eigenvalue weighted by Gasteiger charge is -2.63. The minimum absolute atomic E-state index is 0.0141. The molecule has 0 radical (unpaired) electrons. The number of benzene rings is 2. The van der Waals surface area contributed by atoms with Crippen molar-refractivity contribution in [2.45, 2.75) is 105 Å². The van der Waals surface area contributed by atoms with Gasteiger partial charge in [0.2, 0.25) is 17.7 Å². The average Bonchev–Trinajstić information content (AvgIpc) is 3.88. The SMILES string of the molecule is Cc1ncsc1-c1ccc([C@H](CO)NC(=O)[C@@H]2C[C@@H](O)CN2C(=O)[C@@H](NC(=O)COCCN2CCCN(c3ccc(C(=O)N[C@H]4C(C)(C)[C@H](Oc5ccc(C#N)c(Cl)c5)C4(C)C)cn3)CC2)C(C)(C)C)cc1. The summed E-state index contributed by atoms with van der Waals surface area (Å²) in [6.45, 7) is 18.8. The average molecular weight is 1030 g/mol. The summed E-state index contributed by atoms with van der Waals surface area (Å²) in [5.74, 6) is -0.353. The third-order valence-electron chi connectivity index (χ3n) is 14.2. The van der Waals surface area contributed by atoms with Gasteiger partial charge < -0.3 is 45.4 Å². The molecule has 4 heterocycles. The molecule has 1 aliphatic carbocycles. The van der Waals surface area contributed by atoms with Gasteiger partial charge in [0.1, 0.15) is 42.4 Å². The van der Waals surface area contributed by atoms with E-state index in [0.29, 0.717) is 40.6 Å². The Labute approximate surface area is 431 Å². The van der Waals surface area contributed by atoms with Crippen molar-refractivity contribution in [3.8, 4) is 22.3 Å². The van der Waals surface area contributed by atoms with Crippen molar-refractivity contribution in [2.75, 3.05) is 64.0 Å². The van der Waals surface area contributed by atoms with Crippen LogP contribution in [0.2, 0.25) is 5.02 Å². The fourth-order valence-corrected chi connectivity index (χ4v) is 11.6. The first-order chi connectivity index (χ1) is 34.1. The van der Waals surface area contributed by atoms with E-state index in [1.165, 1.54) is 16.2 Å². The number of carbonyl (C=O) groups is 4. The molecule has 5 N–H and O–H groups in total. The predicted molar refractivity (Wildman–Crippen MR) is 275 cm³/mol. The first-order valence-corrected chi connectivity index (χ1v) is 25.8. The number of halogens is 1. The Kier molecular flexibility index (Phi) is 17.0. The number of carbonyl (C=O) groups excluding carboxylic acids is 4. The number of aliphatic hydroxyl groups is 2. The summed E-state index contributed by atoms with van der Waals surface area (Å²) in [5.41, 5.74) is 3.63. The van der Waals surface area contributed by atoms with E-state index < -0.39 is 58.2 Å². The Morgan fingerprint density at radius 1 is 0.986 bits per heavy atom.